The number of hydrogen-bond acceptors (Lipinski definition) is 2. The minimum atomic E-state index is 0.209. The maximum atomic E-state index is 4.36. The molecule has 1 aromatic rings. The lowest BCUT2D eigenvalue weighted by Crippen LogP contribution is -2.38. The predicted molar refractivity (Wildman–Crippen MR) is 73.1 cm³/mol. The monoisotopic (exact) mass is 237 g/mol. The lowest BCUT2D eigenvalue weighted by atomic mass is 10.0. The van der Waals surface area contributed by atoms with Gasteiger partial charge in [-0.05, 0) is 51.6 Å². The second-order valence-corrected chi connectivity index (χ2v) is 6.05. The number of aryl methyl sites for hydroxylation is 1. The molecule has 3 nitrogen and oxygen atoms in total. The summed E-state index contributed by atoms with van der Waals surface area (Å²) < 4.78 is 2.04. The Labute approximate surface area is 106 Å². The third kappa shape index (κ3) is 5.87. The highest BCUT2D eigenvalue weighted by Crippen LogP contribution is 2.09. The van der Waals surface area contributed by atoms with Crippen LogP contribution in [0.1, 0.15) is 46.6 Å². The van der Waals surface area contributed by atoms with E-state index in [1.807, 2.05) is 10.9 Å². The smallest absolute Gasteiger partial charge is 0.0521 e. The largest absolute Gasteiger partial charge is 0.312 e. The van der Waals surface area contributed by atoms with Crippen molar-refractivity contribution in [3.8, 4) is 0 Å². The topological polar surface area (TPSA) is 29.9 Å². The summed E-state index contributed by atoms with van der Waals surface area (Å²) in [6.45, 7) is 13.2. The number of rotatable bonds is 6. The van der Waals surface area contributed by atoms with Gasteiger partial charge in [0.25, 0.3) is 0 Å². The molecule has 17 heavy (non-hydrogen) atoms. The zero-order chi connectivity index (χ0) is 12.9. The highest BCUT2D eigenvalue weighted by molar-refractivity contribution is 5.04. The summed E-state index contributed by atoms with van der Waals surface area (Å²) in [6.07, 6.45) is 6.43. The van der Waals surface area contributed by atoms with Gasteiger partial charge in [-0.1, -0.05) is 13.8 Å². The molecule has 0 spiro atoms. The lowest BCUT2D eigenvalue weighted by Gasteiger charge is -2.23. The molecule has 0 bridgehead atoms. The van der Waals surface area contributed by atoms with Crippen molar-refractivity contribution in [3.05, 3.63) is 18.0 Å². The normalized spacial score (nSPS) is 13.9. The van der Waals surface area contributed by atoms with Crippen molar-refractivity contribution in [3.63, 3.8) is 0 Å². The van der Waals surface area contributed by atoms with E-state index in [1.165, 1.54) is 5.56 Å². The van der Waals surface area contributed by atoms with Crippen LogP contribution >= 0.6 is 0 Å². The second-order valence-electron chi connectivity index (χ2n) is 6.05. The van der Waals surface area contributed by atoms with Gasteiger partial charge in [0.1, 0.15) is 0 Å². The Kier molecular flexibility index (Phi) is 5.19. The van der Waals surface area contributed by atoms with Gasteiger partial charge < -0.3 is 5.32 Å². The standard InChI is InChI=1S/C14H27N3/c1-6-7-17-11-13(10-16-17)8-12(2)9-15-14(3,4)5/h10-12,15H,6-9H2,1-5H3. The van der Waals surface area contributed by atoms with Crippen LogP contribution in [0.3, 0.4) is 0 Å². The molecule has 0 saturated carbocycles. The number of hydrogen-bond donors (Lipinski definition) is 1. The molecular formula is C14H27N3. The van der Waals surface area contributed by atoms with Gasteiger partial charge in [0, 0.05) is 18.3 Å². The van der Waals surface area contributed by atoms with E-state index in [0.29, 0.717) is 5.92 Å². The minimum Gasteiger partial charge on any atom is -0.312 e. The first-order valence-corrected chi connectivity index (χ1v) is 6.67. The molecule has 1 atom stereocenters. The van der Waals surface area contributed by atoms with Gasteiger partial charge in [-0.3, -0.25) is 4.68 Å². The van der Waals surface area contributed by atoms with Crippen LogP contribution in [0, 0.1) is 5.92 Å². The van der Waals surface area contributed by atoms with E-state index in [9.17, 15) is 0 Å². The van der Waals surface area contributed by atoms with Crippen LogP contribution < -0.4 is 5.32 Å². The molecule has 0 aromatic carbocycles. The lowest BCUT2D eigenvalue weighted by molar-refractivity contribution is 0.381. The Hall–Kier alpha value is -0.830. The molecule has 0 amide bonds. The maximum absolute atomic E-state index is 4.36. The maximum Gasteiger partial charge on any atom is 0.0521 e. The van der Waals surface area contributed by atoms with Crippen molar-refractivity contribution >= 4 is 0 Å². The Bertz CT molecular complexity index is 322. The van der Waals surface area contributed by atoms with Crippen LogP contribution in [-0.4, -0.2) is 21.9 Å². The van der Waals surface area contributed by atoms with Gasteiger partial charge >= 0.3 is 0 Å². The number of nitrogens with zero attached hydrogens (tertiary/aromatic N) is 2. The van der Waals surface area contributed by atoms with Crippen molar-refractivity contribution in [2.24, 2.45) is 5.92 Å². The molecule has 1 heterocycles. The van der Waals surface area contributed by atoms with Crippen LogP contribution in [0.15, 0.2) is 12.4 Å². The molecular weight excluding hydrogens is 210 g/mol. The van der Waals surface area contributed by atoms with Gasteiger partial charge in [0.2, 0.25) is 0 Å². The molecule has 1 unspecified atom stereocenters. The molecule has 1 aromatic heterocycles. The minimum absolute atomic E-state index is 0.209. The summed E-state index contributed by atoms with van der Waals surface area (Å²) in [5, 5.41) is 7.91. The SMILES string of the molecule is CCCn1cc(CC(C)CNC(C)(C)C)cn1. The molecule has 0 fully saturated rings. The summed E-state index contributed by atoms with van der Waals surface area (Å²) in [5.74, 6) is 0.647. The quantitative estimate of drug-likeness (QED) is 0.824. The molecule has 0 aliphatic rings. The second kappa shape index (κ2) is 6.20. The molecule has 3 heteroatoms. The molecule has 0 radical (unpaired) electrons. The van der Waals surface area contributed by atoms with E-state index in [0.717, 1.165) is 25.9 Å². The van der Waals surface area contributed by atoms with Gasteiger partial charge in [-0.25, -0.2) is 0 Å². The molecule has 98 valence electrons. The fourth-order valence-electron chi connectivity index (χ4n) is 1.82. The van der Waals surface area contributed by atoms with Crippen LogP contribution in [0.2, 0.25) is 0 Å². The van der Waals surface area contributed by atoms with Crippen molar-refractivity contribution in [2.75, 3.05) is 6.54 Å². The zero-order valence-corrected chi connectivity index (χ0v) is 12.0. The van der Waals surface area contributed by atoms with Gasteiger partial charge in [0.15, 0.2) is 0 Å². The fraction of sp³-hybridized carbons (Fsp3) is 0.786. The van der Waals surface area contributed by atoms with Crippen LogP contribution in [-0.2, 0) is 13.0 Å². The van der Waals surface area contributed by atoms with E-state index < -0.39 is 0 Å². The highest BCUT2D eigenvalue weighted by atomic mass is 15.3. The van der Waals surface area contributed by atoms with E-state index >= 15 is 0 Å². The van der Waals surface area contributed by atoms with E-state index in [-0.39, 0.29) is 5.54 Å². The van der Waals surface area contributed by atoms with Crippen molar-refractivity contribution in [1.82, 2.24) is 15.1 Å². The molecule has 1 rings (SSSR count). The highest BCUT2D eigenvalue weighted by Gasteiger charge is 2.12. The Morgan fingerprint density at radius 3 is 2.71 bits per heavy atom. The third-order valence-corrected chi connectivity index (χ3v) is 2.70. The molecule has 0 aliphatic heterocycles. The average Bonchev–Trinajstić information content (AvgIpc) is 2.62. The zero-order valence-electron chi connectivity index (χ0n) is 12.0. The van der Waals surface area contributed by atoms with Gasteiger partial charge in [0.05, 0.1) is 6.20 Å². The first-order valence-electron chi connectivity index (χ1n) is 6.67. The first kappa shape index (κ1) is 14.2. The summed E-state index contributed by atoms with van der Waals surface area (Å²) in [6, 6.07) is 0. The number of nitrogens with one attached hydrogen (secondary N) is 1. The molecule has 1 N–H and O–H groups in total. The Balaban J connectivity index is 2.36. The van der Waals surface area contributed by atoms with E-state index in [2.05, 4.69) is 51.2 Å². The van der Waals surface area contributed by atoms with Crippen LogP contribution in [0.4, 0.5) is 0 Å². The van der Waals surface area contributed by atoms with Crippen molar-refractivity contribution < 1.29 is 0 Å². The third-order valence-electron chi connectivity index (χ3n) is 2.70. The van der Waals surface area contributed by atoms with Crippen molar-refractivity contribution in [1.29, 1.82) is 0 Å². The fourth-order valence-corrected chi connectivity index (χ4v) is 1.82. The Morgan fingerprint density at radius 1 is 1.41 bits per heavy atom. The van der Waals surface area contributed by atoms with Crippen LogP contribution in [0.5, 0.6) is 0 Å². The summed E-state index contributed by atoms with van der Waals surface area (Å²) in [4.78, 5) is 0. The molecule has 0 saturated heterocycles. The van der Waals surface area contributed by atoms with Crippen molar-refractivity contribution in [2.45, 2.75) is 59.5 Å². The number of aromatic nitrogens is 2. The first-order chi connectivity index (χ1) is 7.90. The summed E-state index contributed by atoms with van der Waals surface area (Å²) >= 11 is 0. The van der Waals surface area contributed by atoms with Gasteiger partial charge in [-0.15, -0.1) is 0 Å². The summed E-state index contributed by atoms with van der Waals surface area (Å²) in [5.41, 5.74) is 1.56. The van der Waals surface area contributed by atoms with E-state index in [4.69, 9.17) is 0 Å². The van der Waals surface area contributed by atoms with E-state index in [1.54, 1.807) is 0 Å². The van der Waals surface area contributed by atoms with Crippen LogP contribution in [0.25, 0.3) is 0 Å². The van der Waals surface area contributed by atoms with Gasteiger partial charge in [-0.2, -0.15) is 5.10 Å². The predicted octanol–water partition coefficient (Wildman–Crippen LogP) is 2.86. The Morgan fingerprint density at radius 2 is 2.12 bits per heavy atom. The summed E-state index contributed by atoms with van der Waals surface area (Å²) in [7, 11) is 0. The average molecular weight is 237 g/mol. The molecule has 0 aliphatic carbocycles.